The third kappa shape index (κ3) is 8.42. The molecule has 142 valence electrons. The molecule has 1 saturated heterocycles. The van der Waals surface area contributed by atoms with Crippen molar-refractivity contribution in [2.75, 3.05) is 13.1 Å². The molecule has 2 amide bonds. The van der Waals surface area contributed by atoms with E-state index in [1.165, 1.54) is 12.4 Å². The summed E-state index contributed by atoms with van der Waals surface area (Å²) in [5.41, 5.74) is 4.93. The molecule has 1 fully saturated rings. The van der Waals surface area contributed by atoms with Crippen LogP contribution in [-0.2, 0) is 9.47 Å². The van der Waals surface area contributed by atoms with E-state index >= 15 is 0 Å². The minimum Gasteiger partial charge on any atom is -0.444 e. The second kappa shape index (κ2) is 8.22. The quantitative estimate of drug-likeness (QED) is 0.754. The van der Waals surface area contributed by atoms with E-state index < -0.39 is 17.3 Å². The van der Waals surface area contributed by atoms with Crippen LogP contribution in [0.4, 0.5) is 9.59 Å². The maximum Gasteiger partial charge on any atom is 0.434 e. The number of ether oxygens (including phenoxy) is 2. The molecule has 25 heavy (non-hydrogen) atoms. The molecule has 1 unspecified atom stereocenters. The topological polar surface area (TPSA) is 106 Å². The summed E-state index contributed by atoms with van der Waals surface area (Å²) < 4.78 is 10.5. The molecule has 1 heterocycles. The summed E-state index contributed by atoms with van der Waals surface area (Å²) in [6.07, 6.45) is 2.37. The zero-order valence-electron chi connectivity index (χ0n) is 16.0. The molecule has 0 spiro atoms. The molecule has 8 heteroatoms. The van der Waals surface area contributed by atoms with E-state index in [1.807, 2.05) is 20.8 Å². The molecular formula is C17H30N4O4. The van der Waals surface area contributed by atoms with Crippen molar-refractivity contribution in [3.8, 4) is 0 Å². The molecule has 0 radical (unpaired) electrons. The predicted octanol–water partition coefficient (Wildman–Crippen LogP) is 2.39. The van der Waals surface area contributed by atoms with Gasteiger partial charge in [0.05, 0.1) is 11.9 Å². The average Bonchev–Trinajstić information content (AvgIpc) is 2.88. The van der Waals surface area contributed by atoms with Gasteiger partial charge in [-0.1, -0.05) is 0 Å². The SMILES string of the molecule is CC(C)(C)OC(=O)/N=C/C(=C\N)NC1CCN(C(=O)OC(C)(C)C)C1. The first-order valence-electron chi connectivity index (χ1n) is 8.33. The zero-order valence-corrected chi connectivity index (χ0v) is 16.0. The van der Waals surface area contributed by atoms with E-state index in [-0.39, 0.29) is 12.1 Å². The van der Waals surface area contributed by atoms with E-state index in [0.717, 1.165) is 6.42 Å². The molecule has 1 atom stereocenters. The van der Waals surface area contributed by atoms with Gasteiger partial charge < -0.3 is 25.4 Å². The van der Waals surface area contributed by atoms with Gasteiger partial charge in [-0.3, -0.25) is 0 Å². The number of nitrogens with zero attached hydrogens (tertiary/aromatic N) is 2. The van der Waals surface area contributed by atoms with E-state index in [9.17, 15) is 9.59 Å². The first-order valence-corrected chi connectivity index (χ1v) is 8.33. The molecule has 0 bridgehead atoms. The second-order valence-corrected chi connectivity index (χ2v) is 7.92. The number of rotatable bonds is 3. The van der Waals surface area contributed by atoms with Crippen LogP contribution in [0.3, 0.4) is 0 Å². The van der Waals surface area contributed by atoms with Gasteiger partial charge in [0.15, 0.2) is 0 Å². The minimum absolute atomic E-state index is 0.00686. The molecule has 0 saturated carbocycles. The van der Waals surface area contributed by atoms with Crippen LogP contribution in [-0.4, -0.2) is 53.6 Å². The Kier molecular flexibility index (Phi) is 6.84. The van der Waals surface area contributed by atoms with Crippen LogP contribution in [0.1, 0.15) is 48.0 Å². The summed E-state index contributed by atoms with van der Waals surface area (Å²) in [4.78, 5) is 29.0. The lowest BCUT2D eigenvalue weighted by Gasteiger charge is -2.24. The largest absolute Gasteiger partial charge is 0.444 e. The molecule has 0 aromatic rings. The van der Waals surface area contributed by atoms with Gasteiger partial charge >= 0.3 is 12.2 Å². The van der Waals surface area contributed by atoms with E-state index in [0.29, 0.717) is 18.8 Å². The maximum atomic E-state index is 12.1. The summed E-state index contributed by atoms with van der Waals surface area (Å²) in [7, 11) is 0. The van der Waals surface area contributed by atoms with Crippen molar-refractivity contribution in [3.05, 3.63) is 11.9 Å². The van der Waals surface area contributed by atoms with Gasteiger partial charge in [-0.2, -0.15) is 4.99 Å². The van der Waals surface area contributed by atoms with Crippen molar-refractivity contribution in [1.82, 2.24) is 10.2 Å². The fourth-order valence-corrected chi connectivity index (χ4v) is 2.15. The minimum atomic E-state index is -0.685. The number of allylic oxidation sites excluding steroid dienone is 1. The molecule has 0 aliphatic carbocycles. The van der Waals surface area contributed by atoms with Gasteiger partial charge in [0.25, 0.3) is 0 Å². The summed E-state index contributed by atoms with van der Waals surface area (Å²) in [5, 5.41) is 3.16. The van der Waals surface area contributed by atoms with E-state index in [1.54, 1.807) is 25.7 Å². The van der Waals surface area contributed by atoms with Gasteiger partial charge in [-0.15, -0.1) is 0 Å². The normalized spacial score (nSPS) is 19.2. The molecule has 0 aromatic carbocycles. The number of hydrogen-bond acceptors (Lipinski definition) is 6. The Morgan fingerprint density at radius 3 is 2.28 bits per heavy atom. The zero-order chi connectivity index (χ0) is 19.3. The lowest BCUT2D eigenvalue weighted by Crippen LogP contribution is -2.38. The highest BCUT2D eigenvalue weighted by Crippen LogP contribution is 2.16. The van der Waals surface area contributed by atoms with Crippen LogP contribution in [0.5, 0.6) is 0 Å². The van der Waals surface area contributed by atoms with Crippen molar-refractivity contribution < 1.29 is 19.1 Å². The van der Waals surface area contributed by atoms with Gasteiger partial charge in [-0.25, -0.2) is 9.59 Å². The number of nitrogens with two attached hydrogens (primary N) is 1. The molecule has 3 N–H and O–H groups in total. The van der Waals surface area contributed by atoms with Gasteiger partial charge in [0.1, 0.15) is 11.2 Å². The smallest absolute Gasteiger partial charge is 0.434 e. The van der Waals surface area contributed by atoms with Crippen molar-refractivity contribution in [3.63, 3.8) is 0 Å². The average molecular weight is 354 g/mol. The maximum absolute atomic E-state index is 12.1. The van der Waals surface area contributed by atoms with Crippen LogP contribution in [0.2, 0.25) is 0 Å². The summed E-state index contributed by atoms with van der Waals surface area (Å²) in [6, 6.07) is 0.00686. The van der Waals surface area contributed by atoms with E-state index in [2.05, 4.69) is 10.3 Å². The summed E-state index contributed by atoms with van der Waals surface area (Å²) >= 11 is 0. The number of nitrogens with one attached hydrogen (secondary N) is 1. The molecule has 8 nitrogen and oxygen atoms in total. The number of carbonyl (C=O) groups is 2. The molecule has 1 aliphatic heterocycles. The fourth-order valence-electron chi connectivity index (χ4n) is 2.15. The first kappa shape index (κ1) is 20.8. The van der Waals surface area contributed by atoms with Gasteiger partial charge in [0, 0.05) is 25.3 Å². The van der Waals surface area contributed by atoms with Crippen LogP contribution < -0.4 is 11.1 Å². The number of amides is 2. The highest BCUT2D eigenvalue weighted by molar-refractivity contribution is 5.88. The molecule has 1 aliphatic rings. The Morgan fingerprint density at radius 1 is 1.16 bits per heavy atom. The standard InChI is InChI=1S/C17H30N4O4/c1-16(2,3)24-14(22)19-10-13(9-18)20-12-7-8-21(11-12)15(23)25-17(4,5)6/h9-10,12,20H,7-8,11,18H2,1-6H3/b13-9+,19-10+. The Morgan fingerprint density at radius 2 is 1.76 bits per heavy atom. The van der Waals surface area contributed by atoms with Crippen LogP contribution >= 0.6 is 0 Å². The fraction of sp³-hybridized carbons (Fsp3) is 0.706. The molecular weight excluding hydrogens is 324 g/mol. The Bertz CT molecular complexity index is 544. The van der Waals surface area contributed by atoms with Crippen molar-refractivity contribution in [2.24, 2.45) is 10.7 Å². The third-order valence-electron chi connectivity index (χ3n) is 3.09. The number of likely N-dealkylation sites (tertiary alicyclic amines) is 1. The Labute approximate surface area is 149 Å². The monoisotopic (exact) mass is 354 g/mol. The van der Waals surface area contributed by atoms with Crippen molar-refractivity contribution in [1.29, 1.82) is 0 Å². The second-order valence-electron chi connectivity index (χ2n) is 7.92. The van der Waals surface area contributed by atoms with E-state index in [4.69, 9.17) is 15.2 Å². The predicted molar refractivity (Wildman–Crippen MR) is 96.3 cm³/mol. The van der Waals surface area contributed by atoms with Crippen molar-refractivity contribution >= 4 is 18.4 Å². The van der Waals surface area contributed by atoms with Crippen LogP contribution in [0.15, 0.2) is 16.9 Å². The summed E-state index contributed by atoms with van der Waals surface area (Å²) in [5.74, 6) is 0. The number of aliphatic imine (C=N–C) groups is 1. The van der Waals surface area contributed by atoms with Crippen LogP contribution in [0.25, 0.3) is 0 Å². The third-order valence-corrected chi connectivity index (χ3v) is 3.09. The molecule has 0 aromatic heterocycles. The van der Waals surface area contributed by atoms with Crippen LogP contribution in [0, 0.1) is 0 Å². The highest BCUT2D eigenvalue weighted by Gasteiger charge is 2.29. The lowest BCUT2D eigenvalue weighted by atomic mass is 10.2. The molecule has 1 rings (SSSR count). The lowest BCUT2D eigenvalue weighted by molar-refractivity contribution is 0.0291. The number of hydrogen-bond donors (Lipinski definition) is 2. The number of carbonyl (C=O) groups excluding carboxylic acids is 2. The van der Waals surface area contributed by atoms with Gasteiger partial charge in [-0.05, 0) is 48.0 Å². The Hall–Kier alpha value is -2.25. The summed E-state index contributed by atoms with van der Waals surface area (Å²) in [6.45, 7) is 11.9. The van der Waals surface area contributed by atoms with Crippen molar-refractivity contribution in [2.45, 2.75) is 65.2 Å². The highest BCUT2D eigenvalue weighted by atomic mass is 16.6. The Balaban J connectivity index is 2.52. The van der Waals surface area contributed by atoms with Gasteiger partial charge in [0.2, 0.25) is 0 Å². The first-order chi connectivity index (χ1) is 11.4.